The van der Waals surface area contributed by atoms with Crippen LogP contribution < -0.4 is 5.32 Å². The Bertz CT molecular complexity index is 530. The average Bonchev–Trinajstić information content (AvgIpc) is 2.84. The summed E-state index contributed by atoms with van der Waals surface area (Å²) >= 11 is 1.75. The number of furan rings is 1. The number of thiazole rings is 1. The second-order valence-corrected chi connectivity index (χ2v) is 6.14. The normalized spacial score (nSPS) is 14.7. The van der Waals surface area contributed by atoms with Gasteiger partial charge < -0.3 is 4.42 Å². The Morgan fingerprint density at radius 1 is 1.17 bits per heavy atom. The molecular weight excluding hydrogens is 244 g/mol. The molecule has 2 heterocycles. The molecule has 0 saturated heterocycles. The van der Waals surface area contributed by atoms with Gasteiger partial charge in [0, 0.05) is 10.9 Å². The van der Waals surface area contributed by atoms with Crippen LogP contribution in [0, 0.1) is 20.8 Å². The fourth-order valence-electron chi connectivity index (χ4n) is 2.17. The number of rotatable bonds is 4. The molecule has 0 aliphatic heterocycles. The van der Waals surface area contributed by atoms with Gasteiger partial charge in [0.25, 0.3) is 0 Å². The third-order valence-corrected chi connectivity index (χ3v) is 3.94. The van der Waals surface area contributed by atoms with Crippen molar-refractivity contribution in [3.05, 3.63) is 39.2 Å². The lowest BCUT2D eigenvalue weighted by Crippen LogP contribution is -2.23. The van der Waals surface area contributed by atoms with Gasteiger partial charge >= 0.3 is 0 Å². The number of aryl methyl sites for hydroxylation is 3. The molecule has 2 aromatic heterocycles. The third kappa shape index (κ3) is 2.82. The molecule has 1 N–H and O–H groups in total. The molecule has 3 nitrogen and oxygen atoms in total. The van der Waals surface area contributed by atoms with Crippen molar-refractivity contribution in [3.63, 3.8) is 0 Å². The molecule has 2 atom stereocenters. The van der Waals surface area contributed by atoms with E-state index in [2.05, 4.69) is 31.1 Å². The fraction of sp³-hybridized carbons (Fsp3) is 0.500. The van der Waals surface area contributed by atoms with Crippen LogP contribution >= 0.6 is 11.3 Å². The Labute approximate surface area is 112 Å². The maximum Gasteiger partial charge on any atom is 0.120 e. The van der Waals surface area contributed by atoms with E-state index in [1.54, 1.807) is 11.3 Å². The van der Waals surface area contributed by atoms with Crippen molar-refractivity contribution >= 4 is 11.3 Å². The molecule has 4 heteroatoms. The van der Waals surface area contributed by atoms with Gasteiger partial charge in [0.15, 0.2) is 0 Å². The van der Waals surface area contributed by atoms with Gasteiger partial charge in [0.1, 0.15) is 11.5 Å². The number of hydrogen-bond acceptors (Lipinski definition) is 4. The predicted octanol–water partition coefficient (Wildman–Crippen LogP) is 4.07. The van der Waals surface area contributed by atoms with Gasteiger partial charge in [-0.3, -0.25) is 5.32 Å². The van der Waals surface area contributed by atoms with Crippen LogP contribution in [-0.4, -0.2) is 4.98 Å². The molecule has 0 radical (unpaired) electrons. The molecule has 0 aliphatic carbocycles. The standard InChI is InChI=1S/C14H20N2OS/c1-8-6-7-13(17-8)9(2)15-10(3)14-11(4)18-12(5)16-14/h6-7,9-10,15H,1-5H3. The quantitative estimate of drug-likeness (QED) is 0.904. The van der Waals surface area contributed by atoms with Crippen molar-refractivity contribution in [3.8, 4) is 0 Å². The Morgan fingerprint density at radius 3 is 2.39 bits per heavy atom. The van der Waals surface area contributed by atoms with Crippen LogP contribution in [0.25, 0.3) is 0 Å². The van der Waals surface area contributed by atoms with Crippen LogP contribution in [0.4, 0.5) is 0 Å². The third-order valence-electron chi connectivity index (χ3n) is 3.04. The molecule has 2 rings (SSSR count). The van der Waals surface area contributed by atoms with Crippen molar-refractivity contribution in [2.75, 3.05) is 0 Å². The Hall–Kier alpha value is -1.13. The topological polar surface area (TPSA) is 38.1 Å². The van der Waals surface area contributed by atoms with E-state index >= 15 is 0 Å². The first-order chi connectivity index (χ1) is 8.47. The zero-order valence-electron chi connectivity index (χ0n) is 11.6. The van der Waals surface area contributed by atoms with Gasteiger partial charge in [-0.1, -0.05) is 0 Å². The van der Waals surface area contributed by atoms with E-state index in [1.165, 1.54) is 4.88 Å². The Balaban J connectivity index is 2.07. The number of hydrogen-bond donors (Lipinski definition) is 1. The van der Waals surface area contributed by atoms with Crippen LogP contribution in [0.2, 0.25) is 0 Å². The molecule has 0 saturated carbocycles. The molecule has 18 heavy (non-hydrogen) atoms. The van der Waals surface area contributed by atoms with Crippen molar-refractivity contribution in [2.24, 2.45) is 0 Å². The molecular formula is C14H20N2OS. The largest absolute Gasteiger partial charge is 0.465 e. The SMILES string of the molecule is Cc1ccc(C(C)NC(C)c2nc(C)sc2C)o1. The maximum absolute atomic E-state index is 5.64. The lowest BCUT2D eigenvalue weighted by Gasteiger charge is -2.17. The molecule has 98 valence electrons. The van der Waals surface area contributed by atoms with Crippen LogP contribution in [0.15, 0.2) is 16.5 Å². The van der Waals surface area contributed by atoms with Gasteiger partial charge in [-0.25, -0.2) is 4.98 Å². The fourth-order valence-corrected chi connectivity index (χ4v) is 3.08. The molecule has 2 unspecified atom stereocenters. The summed E-state index contributed by atoms with van der Waals surface area (Å²) in [4.78, 5) is 5.87. The predicted molar refractivity (Wildman–Crippen MR) is 75.0 cm³/mol. The molecule has 0 aliphatic rings. The number of nitrogens with zero attached hydrogens (tertiary/aromatic N) is 1. The summed E-state index contributed by atoms with van der Waals surface area (Å²) in [5.74, 6) is 1.93. The molecule has 0 amide bonds. The molecule has 2 aromatic rings. The van der Waals surface area contributed by atoms with Gasteiger partial charge in [-0.15, -0.1) is 11.3 Å². The highest BCUT2D eigenvalue weighted by Crippen LogP contribution is 2.25. The van der Waals surface area contributed by atoms with E-state index in [1.807, 2.05) is 26.0 Å². The van der Waals surface area contributed by atoms with Gasteiger partial charge in [0.05, 0.1) is 16.7 Å². The minimum absolute atomic E-state index is 0.190. The van der Waals surface area contributed by atoms with E-state index in [0.717, 1.165) is 22.2 Å². The number of aromatic nitrogens is 1. The first-order valence-corrected chi connectivity index (χ1v) is 7.05. The molecule has 0 aromatic carbocycles. The molecule has 0 fully saturated rings. The monoisotopic (exact) mass is 264 g/mol. The number of nitrogens with one attached hydrogen (secondary N) is 1. The zero-order chi connectivity index (χ0) is 13.3. The summed E-state index contributed by atoms with van der Waals surface area (Å²) in [7, 11) is 0. The summed E-state index contributed by atoms with van der Waals surface area (Å²) in [6.07, 6.45) is 0. The van der Waals surface area contributed by atoms with Gasteiger partial charge in [0.2, 0.25) is 0 Å². The second kappa shape index (κ2) is 5.24. The van der Waals surface area contributed by atoms with E-state index < -0.39 is 0 Å². The van der Waals surface area contributed by atoms with Gasteiger partial charge in [-0.2, -0.15) is 0 Å². The summed E-state index contributed by atoms with van der Waals surface area (Å²) < 4.78 is 5.64. The minimum atomic E-state index is 0.190. The summed E-state index contributed by atoms with van der Waals surface area (Å²) in [5, 5.41) is 4.65. The summed E-state index contributed by atoms with van der Waals surface area (Å²) in [6.45, 7) is 10.4. The highest BCUT2D eigenvalue weighted by Gasteiger charge is 2.17. The van der Waals surface area contributed by atoms with E-state index in [9.17, 15) is 0 Å². The maximum atomic E-state index is 5.64. The Kier molecular flexibility index (Phi) is 3.88. The first-order valence-electron chi connectivity index (χ1n) is 6.23. The van der Waals surface area contributed by atoms with Crippen molar-refractivity contribution in [2.45, 2.75) is 46.7 Å². The van der Waals surface area contributed by atoms with Crippen LogP contribution in [0.1, 0.15) is 53.0 Å². The second-order valence-electron chi connectivity index (χ2n) is 4.73. The van der Waals surface area contributed by atoms with Crippen LogP contribution in [-0.2, 0) is 0 Å². The highest BCUT2D eigenvalue weighted by molar-refractivity contribution is 7.11. The van der Waals surface area contributed by atoms with Crippen molar-refractivity contribution in [1.29, 1.82) is 0 Å². The van der Waals surface area contributed by atoms with E-state index in [-0.39, 0.29) is 12.1 Å². The van der Waals surface area contributed by atoms with Crippen molar-refractivity contribution < 1.29 is 4.42 Å². The Morgan fingerprint density at radius 2 is 1.89 bits per heavy atom. The summed E-state index contributed by atoms with van der Waals surface area (Å²) in [5.41, 5.74) is 1.15. The highest BCUT2D eigenvalue weighted by atomic mass is 32.1. The summed E-state index contributed by atoms with van der Waals surface area (Å²) in [6, 6.07) is 4.44. The first kappa shape index (κ1) is 13.3. The zero-order valence-corrected chi connectivity index (χ0v) is 12.4. The van der Waals surface area contributed by atoms with E-state index in [4.69, 9.17) is 4.42 Å². The van der Waals surface area contributed by atoms with Crippen molar-refractivity contribution in [1.82, 2.24) is 10.3 Å². The van der Waals surface area contributed by atoms with Crippen LogP contribution in [0.5, 0.6) is 0 Å². The lowest BCUT2D eigenvalue weighted by atomic mass is 10.1. The molecule has 0 spiro atoms. The van der Waals surface area contributed by atoms with Crippen LogP contribution in [0.3, 0.4) is 0 Å². The van der Waals surface area contributed by atoms with Gasteiger partial charge in [-0.05, 0) is 46.8 Å². The van der Waals surface area contributed by atoms with E-state index in [0.29, 0.717) is 0 Å². The lowest BCUT2D eigenvalue weighted by molar-refractivity contribution is 0.390. The smallest absolute Gasteiger partial charge is 0.120 e. The minimum Gasteiger partial charge on any atom is -0.465 e. The average molecular weight is 264 g/mol. The molecule has 0 bridgehead atoms.